The molecule has 0 saturated carbocycles. The zero-order valence-electron chi connectivity index (χ0n) is 9.53. The highest BCUT2D eigenvalue weighted by Gasteiger charge is 2.17. The van der Waals surface area contributed by atoms with E-state index in [0.29, 0.717) is 23.9 Å². The predicted molar refractivity (Wildman–Crippen MR) is 70.3 cm³/mol. The van der Waals surface area contributed by atoms with Gasteiger partial charge in [-0.25, -0.2) is 4.79 Å². The van der Waals surface area contributed by atoms with E-state index in [4.69, 9.17) is 14.6 Å². The van der Waals surface area contributed by atoms with Gasteiger partial charge in [0, 0.05) is 7.11 Å². The van der Waals surface area contributed by atoms with Crippen LogP contribution in [-0.2, 0) is 4.74 Å². The smallest absolute Gasteiger partial charge is 0.336 e. The zero-order chi connectivity index (χ0) is 12.8. The summed E-state index contributed by atoms with van der Waals surface area (Å²) in [5, 5.41) is 9.07. The van der Waals surface area contributed by atoms with Gasteiger partial charge in [-0.3, -0.25) is 0 Å². The average molecular weight is 321 g/mol. The highest BCUT2D eigenvalue weighted by molar-refractivity contribution is 9.10. The van der Waals surface area contributed by atoms with Gasteiger partial charge in [-0.15, -0.1) is 11.8 Å². The number of hydrogen-bond donors (Lipinski definition) is 1. The summed E-state index contributed by atoms with van der Waals surface area (Å²) in [4.78, 5) is 11.7. The van der Waals surface area contributed by atoms with Crippen molar-refractivity contribution in [3.63, 3.8) is 0 Å². The summed E-state index contributed by atoms with van der Waals surface area (Å²) in [5.41, 5.74) is 0.244. The molecule has 4 nitrogen and oxygen atoms in total. The molecule has 17 heavy (non-hydrogen) atoms. The van der Waals surface area contributed by atoms with Crippen LogP contribution >= 0.6 is 27.7 Å². The molecule has 0 aliphatic carbocycles. The highest BCUT2D eigenvalue weighted by atomic mass is 79.9. The summed E-state index contributed by atoms with van der Waals surface area (Å²) in [6.45, 7) is 0.837. The molecular formula is C11H13BrO4S. The summed E-state index contributed by atoms with van der Waals surface area (Å²) >= 11 is 4.70. The first kappa shape index (κ1) is 14.3. The van der Waals surface area contributed by atoms with Crippen molar-refractivity contribution < 1.29 is 19.4 Å². The second-order valence-corrected chi connectivity index (χ2v) is 4.77. The van der Waals surface area contributed by atoms with Crippen LogP contribution < -0.4 is 4.74 Å². The fourth-order valence-corrected chi connectivity index (χ4v) is 2.58. The van der Waals surface area contributed by atoms with Gasteiger partial charge < -0.3 is 14.6 Å². The molecule has 0 fully saturated rings. The number of carboxylic acid groups (broad SMARTS) is 1. The van der Waals surface area contributed by atoms with Crippen LogP contribution in [0, 0.1) is 0 Å². The van der Waals surface area contributed by atoms with E-state index < -0.39 is 5.97 Å². The standard InChI is InChI=1S/C11H13BrO4S/c1-15-5-6-16-9-8(12)4-3-7(11(13)14)10(9)17-2/h3-4H,5-6H2,1-2H3,(H,13,14). The van der Waals surface area contributed by atoms with Crippen molar-refractivity contribution in [3.05, 3.63) is 22.2 Å². The number of halogens is 1. The highest BCUT2D eigenvalue weighted by Crippen LogP contribution is 2.37. The Balaban J connectivity index is 3.07. The molecule has 0 unspecified atom stereocenters. The first-order valence-corrected chi connectivity index (χ1v) is 6.85. The molecule has 1 N–H and O–H groups in total. The number of hydrogen-bond acceptors (Lipinski definition) is 4. The van der Waals surface area contributed by atoms with Gasteiger partial charge >= 0.3 is 5.97 Å². The van der Waals surface area contributed by atoms with E-state index in [1.807, 2.05) is 6.26 Å². The summed E-state index contributed by atoms with van der Waals surface area (Å²) < 4.78 is 11.2. The van der Waals surface area contributed by atoms with Crippen LogP contribution in [0.4, 0.5) is 0 Å². The molecule has 0 bridgehead atoms. The molecule has 1 aromatic rings. The first-order valence-electron chi connectivity index (χ1n) is 4.83. The van der Waals surface area contributed by atoms with E-state index >= 15 is 0 Å². The van der Waals surface area contributed by atoms with Gasteiger partial charge in [0.05, 0.1) is 21.5 Å². The van der Waals surface area contributed by atoms with Gasteiger partial charge in [0.15, 0.2) is 0 Å². The Kier molecular flexibility index (Phi) is 5.80. The maximum atomic E-state index is 11.1. The lowest BCUT2D eigenvalue weighted by Gasteiger charge is -2.13. The molecule has 0 aliphatic rings. The van der Waals surface area contributed by atoms with E-state index in [0.717, 1.165) is 4.47 Å². The first-order chi connectivity index (χ1) is 8.11. The van der Waals surface area contributed by atoms with Crippen LogP contribution in [0.15, 0.2) is 21.5 Å². The van der Waals surface area contributed by atoms with Crippen molar-refractivity contribution in [1.29, 1.82) is 0 Å². The lowest BCUT2D eigenvalue weighted by Crippen LogP contribution is -2.07. The van der Waals surface area contributed by atoms with Gasteiger partial charge in [0.25, 0.3) is 0 Å². The molecule has 94 valence electrons. The van der Waals surface area contributed by atoms with E-state index in [9.17, 15) is 4.79 Å². The maximum absolute atomic E-state index is 11.1. The Morgan fingerprint density at radius 3 is 2.71 bits per heavy atom. The maximum Gasteiger partial charge on any atom is 0.336 e. The van der Waals surface area contributed by atoms with Gasteiger partial charge in [-0.05, 0) is 34.3 Å². The zero-order valence-corrected chi connectivity index (χ0v) is 11.9. The third-order valence-electron chi connectivity index (χ3n) is 2.03. The fourth-order valence-electron chi connectivity index (χ4n) is 1.27. The Hall–Kier alpha value is -0.720. The molecule has 0 spiro atoms. The van der Waals surface area contributed by atoms with Crippen LogP contribution in [0.1, 0.15) is 10.4 Å². The van der Waals surface area contributed by atoms with Crippen molar-refractivity contribution >= 4 is 33.7 Å². The topological polar surface area (TPSA) is 55.8 Å². The number of rotatable bonds is 6. The molecule has 0 aliphatic heterocycles. The molecule has 0 atom stereocenters. The Labute approximate surface area is 112 Å². The minimum Gasteiger partial charge on any atom is -0.489 e. The average Bonchev–Trinajstić information content (AvgIpc) is 2.30. The van der Waals surface area contributed by atoms with Crippen LogP contribution in [-0.4, -0.2) is 37.7 Å². The SMILES string of the molecule is COCCOc1c(Br)ccc(C(=O)O)c1SC. The molecule has 0 amide bonds. The minimum atomic E-state index is -0.960. The summed E-state index contributed by atoms with van der Waals surface area (Å²) in [7, 11) is 1.58. The quantitative estimate of drug-likeness (QED) is 0.645. The number of aromatic carboxylic acids is 1. The van der Waals surface area contributed by atoms with Crippen molar-refractivity contribution in [2.24, 2.45) is 0 Å². The van der Waals surface area contributed by atoms with E-state index in [1.54, 1.807) is 19.2 Å². The molecule has 0 heterocycles. The molecular weight excluding hydrogens is 308 g/mol. The molecule has 1 rings (SSSR count). The number of carbonyl (C=O) groups is 1. The second-order valence-electron chi connectivity index (χ2n) is 3.10. The van der Waals surface area contributed by atoms with E-state index in [-0.39, 0.29) is 5.56 Å². The molecule has 0 radical (unpaired) electrons. The molecule has 6 heteroatoms. The van der Waals surface area contributed by atoms with Crippen LogP contribution in [0.2, 0.25) is 0 Å². The minimum absolute atomic E-state index is 0.244. The Morgan fingerprint density at radius 1 is 1.47 bits per heavy atom. The molecule has 0 saturated heterocycles. The summed E-state index contributed by atoms with van der Waals surface area (Å²) in [5.74, 6) is -0.409. The van der Waals surface area contributed by atoms with E-state index in [2.05, 4.69) is 15.9 Å². The fraction of sp³-hybridized carbons (Fsp3) is 0.364. The summed E-state index contributed by atoms with van der Waals surface area (Å²) in [6.07, 6.45) is 1.82. The van der Waals surface area contributed by atoms with Crippen LogP contribution in [0.25, 0.3) is 0 Å². The second kappa shape index (κ2) is 6.88. The van der Waals surface area contributed by atoms with Crippen molar-refractivity contribution in [3.8, 4) is 5.75 Å². The van der Waals surface area contributed by atoms with Gasteiger partial charge in [0.2, 0.25) is 0 Å². The Morgan fingerprint density at radius 2 is 2.18 bits per heavy atom. The van der Waals surface area contributed by atoms with Gasteiger partial charge in [-0.2, -0.15) is 0 Å². The number of carboxylic acids is 1. The van der Waals surface area contributed by atoms with Crippen molar-refractivity contribution in [2.45, 2.75) is 4.90 Å². The third kappa shape index (κ3) is 3.62. The van der Waals surface area contributed by atoms with Gasteiger partial charge in [-0.1, -0.05) is 0 Å². The van der Waals surface area contributed by atoms with Crippen LogP contribution in [0.3, 0.4) is 0 Å². The summed E-state index contributed by atoms with van der Waals surface area (Å²) in [6, 6.07) is 3.23. The van der Waals surface area contributed by atoms with E-state index in [1.165, 1.54) is 11.8 Å². The molecule has 0 aromatic heterocycles. The number of methoxy groups -OCH3 is 1. The molecule has 1 aromatic carbocycles. The predicted octanol–water partition coefficient (Wildman–Crippen LogP) is 2.89. The number of ether oxygens (including phenoxy) is 2. The lowest BCUT2D eigenvalue weighted by molar-refractivity contribution is 0.0691. The van der Waals surface area contributed by atoms with Crippen LogP contribution in [0.5, 0.6) is 5.75 Å². The normalized spacial score (nSPS) is 10.3. The third-order valence-corrected chi connectivity index (χ3v) is 3.47. The number of benzene rings is 1. The van der Waals surface area contributed by atoms with Crippen molar-refractivity contribution in [2.75, 3.05) is 26.6 Å². The van der Waals surface area contributed by atoms with Gasteiger partial charge in [0.1, 0.15) is 12.4 Å². The number of thioether (sulfide) groups is 1. The van der Waals surface area contributed by atoms with Crippen molar-refractivity contribution in [1.82, 2.24) is 0 Å². The Bertz CT molecular complexity index is 409. The lowest BCUT2D eigenvalue weighted by atomic mass is 10.2. The largest absolute Gasteiger partial charge is 0.489 e. The monoisotopic (exact) mass is 320 g/mol.